The van der Waals surface area contributed by atoms with Crippen molar-refractivity contribution < 1.29 is 8.42 Å². The zero-order valence-electron chi connectivity index (χ0n) is 12.0. The van der Waals surface area contributed by atoms with Crippen molar-refractivity contribution in [2.24, 2.45) is 0 Å². The van der Waals surface area contributed by atoms with E-state index in [0.717, 1.165) is 16.3 Å². The molecule has 6 nitrogen and oxygen atoms in total. The maximum absolute atomic E-state index is 12.4. The number of aromatic nitrogens is 2. The first-order valence-corrected chi connectivity index (χ1v) is 8.92. The SMILES string of the molecule is CCCNc1ncccc1S(=O)(=O)NCc1ncc(C)s1. The summed E-state index contributed by atoms with van der Waals surface area (Å²) in [7, 11) is -3.62. The fraction of sp³-hybridized carbons (Fsp3) is 0.385. The van der Waals surface area contributed by atoms with Crippen LogP contribution in [0.5, 0.6) is 0 Å². The van der Waals surface area contributed by atoms with Gasteiger partial charge in [-0.05, 0) is 25.5 Å². The third kappa shape index (κ3) is 4.23. The lowest BCUT2D eigenvalue weighted by Gasteiger charge is -2.11. The fourth-order valence-corrected chi connectivity index (χ4v) is 3.64. The Balaban J connectivity index is 2.15. The van der Waals surface area contributed by atoms with E-state index >= 15 is 0 Å². The summed E-state index contributed by atoms with van der Waals surface area (Å²) in [6, 6.07) is 3.15. The van der Waals surface area contributed by atoms with Crippen LogP contribution in [-0.2, 0) is 16.6 Å². The van der Waals surface area contributed by atoms with E-state index in [1.165, 1.54) is 11.3 Å². The predicted octanol–water partition coefficient (Wildman–Crippen LogP) is 2.15. The molecule has 2 aromatic heterocycles. The molecule has 0 spiro atoms. The van der Waals surface area contributed by atoms with Gasteiger partial charge in [-0.15, -0.1) is 11.3 Å². The Morgan fingerprint density at radius 2 is 2.14 bits per heavy atom. The van der Waals surface area contributed by atoms with Gasteiger partial charge in [0, 0.05) is 23.8 Å². The van der Waals surface area contributed by atoms with Gasteiger partial charge in [-0.3, -0.25) is 0 Å². The van der Waals surface area contributed by atoms with Gasteiger partial charge in [-0.25, -0.2) is 23.1 Å². The molecule has 0 atom stereocenters. The van der Waals surface area contributed by atoms with E-state index in [0.29, 0.717) is 12.4 Å². The molecule has 8 heteroatoms. The number of rotatable bonds is 7. The largest absolute Gasteiger partial charge is 0.369 e. The van der Waals surface area contributed by atoms with E-state index < -0.39 is 10.0 Å². The second-order valence-electron chi connectivity index (χ2n) is 4.47. The van der Waals surface area contributed by atoms with Crippen LogP contribution in [0.2, 0.25) is 0 Å². The average molecular weight is 326 g/mol. The molecule has 0 aliphatic heterocycles. The Morgan fingerprint density at radius 1 is 1.33 bits per heavy atom. The molecule has 0 unspecified atom stereocenters. The third-order valence-corrected chi connectivity index (χ3v) is 5.03. The minimum atomic E-state index is -3.62. The normalized spacial score (nSPS) is 11.5. The first kappa shape index (κ1) is 15.9. The van der Waals surface area contributed by atoms with E-state index in [1.54, 1.807) is 24.5 Å². The van der Waals surface area contributed by atoms with E-state index in [4.69, 9.17) is 0 Å². The summed E-state index contributed by atoms with van der Waals surface area (Å²) in [4.78, 5) is 9.45. The molecule has 2 rings (SSSR count). The quantitative estimate of drug-likeness (QED) is 0.814. The van der Waals surface area contributed by atoms with Crippen LogP contribution < -0.4 is 10.0 Å². The highest BCUT2D eigenvalue weighted by Gasteiger charge is 2.19. The summed E-state index contributed by atoms with van der Waals surface area (Å²) in [6.07, 6.45) is 4.19. The maximum Gasteiger partial charge on any atom is 0.244 e. The Bertz CT molecular complexity index is 698. The number of hydrogen-bond donors (Lipinski definition) is 2. The lowest BCUT2D eigenvalue weighted by Crippen LogP contribution is -2.24. The molecule has 2 N–H and O–H groups in total. The van der Waals surface area contributed by atoms with E-state index in [9.17, 15) is 8.42 Å². The monoisotopic (exact) mass is 326 g/mol. The summed E-state index contributed by atoms with van der Waals surface area (Å²) in [5.74, 6) is 0.377. The van der Waals surface area contributed by atoms with Gasteiger partial charge in [0.2, 0.25) is 10.0 Å². The van der Waals surface area contributed by atoms with Crippen LogP contribution in [0.25, 0.3) is 0 Å². The first-order chi connectivity index (χ1) is 10.0. The molecule has 0 saturated heterocycles. The summed E-state index contributed by atoms with van der Waals surface area (Å²) in [6.45, 7) is 4.80. The van der Waals surface area contributed by atoms with Crippen molar-refractivity contribution in [1.82, 2.24) is 14.7 Å². The van der Waals surface area contributed by atoms with Gasteiger partial charge in [-0.2, -0.15) is 0 Å². The zero-order chi connectivity index (χ0) is 15.3. The van der Waals surface area contributed by atoms with Crippen molar-refractivity contribution in [3.63, 3.8) is 0 Å². The van der Waals surface area contributed by atoms with Gasteiger partial charge >= 0.3 is 0 Å². The van der Waals surface area contributed by atoms with Gasteiger partial charge in [-0.1, -0.05) is 6.92 Å². The minimum Gasteiger partial charge on any atom is -0.369 e. The van der Waals surface area contributed by atoms with Crippen LogP contribution in [0, 0.1) is 6.92 Å². The van der Waals surface area contributed by atoms with Gasteiger partial charge in [0.05, 0.1) is 6.54 Å². The summed E-state index contributed by atoms with van der Waals surface area (Å²) >= 11 is 1.47. The highest BCUT2D eigenvalue weighted by molar-refractivity contribution is 7.89. The number of thiazole rings is 1. The lowest BCUT2D eigenvalue weighted by atomic mass is 10.4. The van der Waals surface area contributed by atoms with Crippen LogP contribution in [0.4, 0.5) is 5.82 Å². The lowest BCUT2D eigenvalue weighted by molar-refractivity contribution is 0.581. The molecule has 0 fully saturated rings. The molecule has 0 bridgehead atoms. The number of sulfonamides is 1. The number of anilines is 1. The summed E-state index contributed by atoms with van der Waals surface area (Å²) in [5, 5.41) is 3.77. The third-order valence-electron chi connectivity index (χ3n) is 2.69. The molecule has 21 heavy (non-hydrogen) atoms. The van der Waals surface area contributed by atoms with E-state index in [1.807, 2.05) is 13.8 Å². The number of aryl methyl sites for hydroxylation is 1. The minimum absolute atomic E-state index is 0.159. The molecule has 2 heterocycles. The molecular weight excluding hydrogens is 308 g/mol. The topological polar surface area (TPSA) is 84.0 Å². The molecule has 2 aromatic rings. The van der Waals surface area contributed by atoms with Crippen LogP contribution in [0.3, 0.4) is 0 Å². The highest BCUT2D eigenvalue weighted by Crippen LogP contribution is 2.19. The molecule has 0 aliphatic rings. The van der Waals surface area contributed by atoms with Crippen LogP contribution >= 0.6 is 11.3 Å². The van der Waals surface area contributed by atoms with Crippen LogP contribution in [-0.4, -0.2) is 24.9 Å². The Labute approximate surface area is 128 Å². The van der Waals surface area contributed by atoms with Crippen LogP contribution in [0.1, 0.15) is 23.2 Å². The standard InChI is InChI=1S/C13H18N4O2S2/c1-3-6-14-13-11(5-4-7-15-13)21(18,19)17-9-12-16-8-10(2)20-12/h4-5,7-8,17H,3,6,9H2,1-2H3,(H,14,15). The molecular formula is C13H18N4O2S2. The molecule has 0 saturated carbocycles. The van der Waals surface area contributed by atoms with Crippen molar-refractivity contribution in [3.8, 4) is 0 Å². The van der Waals surface area contributed by atoms with Crippen molar-refractivity contribution in [1.29, 1.82) is 0 Å². The zero-order valence-corrected chi connectivity index (χ0v) is 13.6. The Kier molecular flexibility index (Phi) is 5.27. The summed E-state index contributed by atoms with van der Waals surface area (Å²) in [5.41, 5.74) is 0. The second kappa shape index (κ2) is 6.97. The smallest absolute Gasteiger partial charge is 0.244 e. The molecule has 0 amide bonds. The van der Waals surface area contributed by atoms with Gasteiger partial charge in [0.1, 0.15) is 15.7 Å². The first-order valence-electron chi connectivity index (χ1n) is 6.63. The van der Waals surface area contributed by atoms with Crippen LogP contribution in [0.15, 0.2) is 29.4 Å². The highest BCUT2D eigenvalue weighted by atomic mass is 32.2. The van der Waals surface area contributed by atoms with Crippen molar-refractivity contribution in [2.75, 3.05) is 11.9 Å². The Hall–Kier alpha value is -1.51. The molecule has 0 radical (unpaired) electrons. The molecule has 0 aromatic carbocycles. The number of nitrogens with zero attached hydrogens (tertiary/aromatic N) is 2. The number of nitrogens with one attached hydrogen (secondary N) is 2. The van der Waals surface area contributed by atoms with Gasteiger partial charge in [0.15, 0.2) is 0 Å². The number of hydrogen-bond acceptors (Lipinski definition) is 6. The summed E-state index contributed by atoms with van der Waals surface area (Å²) < 4.78 is 27.3. The fourth-order valence-electron chi connectivity index (χ4n) is 1.70. The van der Waals surface area contributed by atoms with Gasteiger partial charge < -0.3 is 5.32 Å². The number of pyridine rings is 1. The van der Waals surface area contributed by atoms with Crippen molar-refractivity contribution in [3.05, 3.63) is 34.4 Å². The molecule has 114 valence electrons. The van der Waals surface area contributed by atoms with E-state index in [-0.39, 0.29) is 11.4 Å². The van der Waals surface area contributed by atoms with Crippen molar-refractivity contribution in [2.45, 2.75) is 31.7 Å². The predicted molar refractivity (Wildman–Crippen MR) is 83.9 cm³/mol. The van der Waals surface area contributed by atoms with Gasteiger partial charge in [0.25, 0.3) is 0 Å². The average Bonchev–Trinajstić information content (AvgIpc) is 2.89. The van der Waals surface area contributed by atoms with E-state index in [2.05, 4.69) is 20.0 Å². The second-order valence-corrected chi connectivity index (χ2v) is 7.52. The maximum atomic E-state index is 12.4. The Morgan fingerprint density at radius 3 is 2.81 bits per heavy atom. The molecule has 0 aliphatic carbocycles. The van der Waals surface area contributed by atoms with Crippen molar-refractivity contribution >= 4 is 27.2 Å².